The zero-order chi connectivity index (χ0) is 14.5. The Balaban J connectivity index is 1.99. The van der Waals surface area contributed by atoms with E-state index in [1.54, 1.807) is 12.1 Å². The van der Waals surface area contributed by atoms with Crippen LogP contribution in [0.4, 0.5) is 0 Å². The number of rotatable bonds is 5. The van der Waals surface area contributed by atoms with Crippen molar-refractivity contribution in [2.24, 2.45) is 5.73 Å². The lowest BCUT2D eigenvalue weighted by molar-refractivity contribution is 0.100. The molecule has 0 bridgehead atoms. The summed E-state index contributed by atoms with van der Waals surface area (Å²) >= 11 is 0. The molecule has 0 atom stereocenters. The molecule has 0 aliphatic carbocycles. The summed E-state index contributed by atoms with van der Waals surface area (Å²) in [5, 5.41) is 0. The van der Waals surface area contributed by atoms with E-state index in [1.165, 1.54) is 16.7 Å². The van der Waals surface area contributed by atoms with Gasteiger partial charge in [0.25, 0.3) is 0 Å². The lowest BCUT2D eigenvalue weighted by Gasteiger charge is -2.18. The minimum absolute atomic E-state index is 0.384. The van der Waals surface area contributed by atoms with Crippen LogP contribution in [-0.4, -0.2) is 17.9 Å². The Morgan fingerprint density at radius 3 is 2.30 bits per heavy atom. The van der Waals surface area contributed by atoms with Crippen LogP contribution in [0.2, 0.25) is 0 Å². The van der Waals surface area contributed by atoms with Gasteiger partial charge in [0.2, 0.25) is 5.91 Å². The summed E-state index contributed by atoms with van der Waals surface area (Å²) in [6.45, 7) is 3.88. The number of aryl methyl sites for hydroxylation is 1. The first-order chi connectivity index (χ1) is 9.56. The lowest BCUT2D eigenvalue weighted by Crippen LogP contribution is -2.18. The fourth-order valence-corrected chi connectivity index (χ4v) is 2.22. The summed E-state index contributed by atoms with van der Waals surface area (Å²) in [4.78, 5) is 13.3. The maximum Gasteiger partial charge on any atom is 0.248 e. The summed E-state index contributed by atoms with van der Waals surface area (Å²) in [5.41, 5.74) is 9.60. The summed E-state index contributed by atoms with van der Waals surface area (Å²) in [6.07, 6.45) is 0. The molecule has 0 unspecified atom stereocenters. The van der Waals surface area contributed by atoms with Gasteiger partial charge < -0.3 is 5.73 Å². The Kier molecular flexibility index (Phi) is 4.53. The van der Waals surface area contributed by atoms with Gasteiger partial charge in [-0.25, -0.2) is 0 Å². The van der Waals surface area contributed by atoms with E-state index in [9.17, 15) is 4.79 Å². The zero-order valence-electron chi connectivity index (χ0n) is 12.0. The van der Waals surface area contributed by atoms with Crippen molar-refractivity contribution in [2.75, 3.05) is 7.05 Å². The Hall–Kier alpha value is -2.13. The van der Waals surface area contributed by atoms with Gasteiger partial charge in [-0.3, -0.25) is 9.69 Å². The van der Waals surface area contributed by atoms with Crippen molar-refractivity contribution in [2.45, 2.75) is 20.0 Å². The van der Waals surface area contributed by atoms with E-state index >= 15 is 0 Å². The Morgan fingerprint density at radius 1 is 1.05 bits per heavy atom. The second-order valence-corrected chi connectivity index (χ2v) is 5.16. The molecule has 3 heteroatoms. The van der Waals surface area contributed by atoms with Crippen LogP contribution < -0.4 is 5.73 Å². The topological polar surface area (TPSA) is 46.3 Å². The lowest BCUT2D eigenvalue weighted by atomic mass is 10.1. The van der Waals surface area contributed by atoms with Crippen molar-refractivity contribution in [3.8, 4) is 0 Å². The van der Waals surface area contributed by atoms with Crippen molar-refractivity contribution in [1.29, 1.82) is 0 Å². The molecule has 2 aromatic carbocycles. The van der Waals surface area contributed by atoms with Gasteiger partial charge in [-0.05, 0) is 42.8 Å². The quantitative estimate of drug-likeness (QED) is 0.906. The number of nitrogens with zero attached hydrogens (tertiary/aromatic N) is 1. The monoisotopic (exact) mass is 268 g/mol. The minimum atomic E-state index is -0.384. The minimum Gasteiger partial charge on any atom is -0.366 e. The number of benzene rings is 2. The Morgan fingerprint density at radius 2 is 1.70 bits per heavy atom. The predicted molar refractivity (Wildman–Crippen MR) is 81.3 cm³/mol. The number of carbonyl (C=O) groups excluding carboxylic acids is 1. The molecule has 3 nitrogen and oxygen atoms in total. The van der Waals surface area contributed by atoms with Gasteiger partial charge in [-0.2, -0.15) is 0 Å². The van der Waals surface area contributed by atoms with Gasteiger partial charge in [0.1, 0.15) is 0 Å². The van der Waals surface area contributed by atoms with E-state index in [1.807, 2.05) is 12.1 Å². The number of primary amides is 1. The number of hydrogen-bond donors (Lipinski definition) is 1. The number of nitrogens with two attached hydrogens (primary N) is 1. The van der Waals surface area contributed by atoms with Gasteiger partial charge in [0.15, 0.2) is 0 Å². The molecular weight excluding hydrogens is 248 g/mol. The van der Waals surface area contributed by atoms with Crippen LogP contribution in [0, 0.1) is 6.92 Å². The first kappa shape index (κ1) is 14.3. The molecule has 0 saturated carbocycles. The fourth-order valence-electron chi connectivity index (χ4n) is 2.22. The fraction of sp³-hybridized carbons (Fsp3) is 0.235. The van der Waals surface area contributed by atoms with Gasteiger partial charge in [-0.15, -0.1) is 0 Å². The zero-order valence-corrected chi connectivity index (χ0v) is 12.0. The van der Waals surface area contributed by atoms with Gasteiger partial charge >= 0.3 is 0 Å². The first-order valence-corrected chi connectivity index (χ1v) is 6.68. The summed E-state index contributed by atoms with van der Waals surface area (Å²) in [7, 11) is 2.09. The molecule has 0 aliphatic heterocycles. The van der Waals surface area contributed by atoms with E-state index in [-0.39, 0.29) is 5.91 Å². The van der Waals surface area contributed by atoms with Gasteiger partial charge in [-0.1, -0.05) is 36.4 Å². The van der Waals surface area contributed by atoms with E-state index in [0.717, 1.165) is 13.1 Å². The van der Waals surface area contributed by atoms with Crippen molar-refractivity contribution in [3.63, 3.8) is 0 Å². The molecule has 2 aromatic rings. The van der Waals surface area contributed by atoms with Gasteiger partial charge in [0, 0.05) is 18.7 Å². The third-order valence-electron chi connectivity index (χ3n) is 3.39. The standard InChI is InChI=1S/C17H20N2O/c1-13-5-3-4-6-16(13)12-19(2)11-14-7-9-15(10-8-14)17(18)20/h3-10H,11-12H2,1-2H3,(H2,18,20). The molecule has 2 N–H and O–H groups in total. The van der Waals surface area contributed by atoms with Crippen LogP contribution in [0.5, 0.6) is 0 Å². The van der Waals surface area contributed by atoms with Crippen LogP contribution in [0.1, 0.15) is 27.0 Å². The van der Waals surface area contributed by atoms with Crippen molar-refractivity contribution in [1.82, 2.24) is 4.90 Å². The second-order valence-electron chi connectivity index (χ2n) is 5.16. The smallest absolute Gasteiger partial charge is 0.248 e. The summed E-state index contributed by atoms with van der Waals surface area (Å²) in [5.74, 6) is -0.384. The highest BCUT2D eigenvalue weighted by molar-refractivity contribution is 5.92. The van der Waals surface area contributed by atoms with E-state index < -0.39 is 0 Å². The largest absolute Gasteiger partial charge is 0.366 e. The van der Waals surface area contributed by atoms with E-state index in [4.69, 9.17) is 5.73 Å². The van der Waals surface area contributed by atoms with Gasteiger partial charge in [0.05, 0.1) is 0 Å². The molecule has 0 aliphatic rings. The van der Waals surface area contributed by atoms with Crippen LogP contribution in [-0.2, 0) is 13.1 Å². The molecule has 0 fully saturated rings. The maximum absolute atomic E-state index is 11.0. The predicted octanol–water partition coefficient (Wildman–Crippen LogP) is 2.73. The molecule has 20 heavy (non-hydrogen) atoms. The van der Waals surface area contributed by atoms with Crippen molar-refractivity contribution in [3.05, 3.63) is 70.8 Å². The molecule has 2 rings (SSSR count). The molecule has 0 saturated heterocycles. The molecule has 1 amide bonds. The van der Waals surface area contributed by atoms with Crippen LogP contribution in [0.25, 0.3) is 0 Å². The first-order valence-electron chi connectivity index (χ1n) is 6.68. The highest BCUT2D eigenvalue weighted by Crippen LogP contribution is 2.12. The molecular formula is C17H20N2O. The summed E-state index contributed by atoms with van der Waals surface area (Å²) < 4.78 is 0. The number of hydrogen-bond acceptors (Lipinski definition) is 2. The third-order valence-corrected chi connectivity index (χ3v) is 3.39. The normalized spacial score (nSPS) is 10.8. The van der Waals surface area contributed by atoms with Crippen LogP contribution in [0.3, 0.4) is 0 Å². The SMILES string of the molecule is Cc1ccccc1CN(C)Cc1ccc(C(N)=O)cc1. The third kappa shape index (κ3) is 3.68. The molecule has 0 heterocycles. The van der Waals surface area contributed by atoms with Crippen LogP contribution in [0.15, 0.2) is 48.5 Å². The Labute approximate surface area is 120 Å². The molecule has 104 valence electrons. The van der Waals surface area contributed by atoms with Crippen LogP contribution >= 0.6 is 0 Å². The highest BCUT2D eigenvalue weighted by Gasteiger charge is 2.05. The molecule has 0 radical (unpaired) electrons. The van der Waals surface area contributed by atoms with Crippen molar-refractivity contribution >= 4 is 5.91 Å². The van der Waals surface area contributed by atoms with Crippen molar-refractivity contribution < 1.29 is 4.79 Å². The van der Waals surface area contributed by atoms with E-state index in [2.05, 4.69) is 43.1 Å². The Bertz CT molecular complexity index is 590. The second kappa shape index (κ2) is 6.35. The molecule has 0 spiro atoms. The molecule has 0 aromatic heterocycles. The average molecular weight is 268 g/mol. The maximum atomic E-state index is 11.0. The van der Waals surface area contributed by atoms with E-state index in [0.29, 0.717) is 5.56 Å². The summed E-state index contributed by atoms with van der Waals surface area (Å²) in [6, 6.07) is 15.9. The number of amides is 1. The number of carbonyl (C=O) groups is 1. The highest BCUT2D eigenvalue weighted by atomic mass is 16.1. The average Bonchev–Trinajstić information content (AvgIpc) is 2.42.